The number of amides is 1. The summed E-state index contributed by atoms with van der Waals surface area (Å²) in [6.45, 7) is 2.60. The van der Waals surface area contributed by atoms with Gasteiger partial charge in [-0.3, -0.25) is 4.79 Å². The molecule has 1 saturated heterocycles. The van der Waals surface area contributed by atoms with Crippen LogP contribution in [0.25, 0.3) is 0 Å². The Morgan fingerprint density at radius 3 is 2.58 bits per heavy atom. The Hall–Kier alpha value is -1.66. The van der Waals surface area contributed by atoms with Crippen molar-refractivity contribution in [3.63, 3.8) is 0 Å². The predicted octanol–water partition coefficient (Wildman–Crippen LogP) is 4.74. The third kappa shape index (κ3) is 4.01. The van der Waals surface area contributed by atoms with E-state index in [1.54, 1.807) is 18.2 Å². The molecule has 0 unspecified atom stereocenters. The summed E-state index contributed by atoms with van der Waals surface area (Å²) >= 11 is 18.6. The fraction of sp³-hybridized carbons (Fsp3) is 0.278. The summed E-state index contributed by atoms with van der Waals surface area (Å²) in [5.41, 5.74) is 1.61. The Bertz CT molecular complexity index is 824. The van der Waals surface area contributed by atoms with Gasteiger partial charge >= 0.3 is 0 Å². The van der Waals surface area contributed by atoms with Crippen molar-refractivity contribution in [2.45, 2.75) is 0 Å². The maximum atomic E-state index is 12.8. The molecule has 0 radical (unpaired) electrons. The highest BCUT2D eigenvalue weighted by Crippen LogP contribution is 2.36. The van der Waals surface area contributed by atoms with Gasteiger partial charge in [-0.05, 0) is 24.3 Å². The second kappa shape index (κ2) is 8.35. The molecule has 1 amide bonds. The minimum Gasteiger partial charge on any atom is -0.494 e. The number of benzene rings is 2. The van der Waals surface area contributed by atoms with Crippen molar-refractivity contribution in [2.24, 2.45) is 0 Å². The van der Waals surface area contributed by atoms with Gasteiger partial charge in [0.15, 0.2) is 0 Å². The number of morpholine rings is 1. The Kier molecular flexibility index (Phi) is 6.14. The number of nitrogens with one attached hydrogen (secondary N) is 1. The average molecular weight is 416 g/mol. The molecule has 0 spiro atoms. The van der Waals surface area contributed by atoms with Gasteiger partial charge in [0.1, 0.15) is 5.75 Å². The molecule has 26 heavy (non-hydrogen) atoms. The van der Waals surface area contributed by atoms with Crippen LogP contribution in [0.2, 0.25) is 15.1 Å². The van der Waals surface area contributed by atoms with Crippen molar-refractivity contribution in [1.29, 1.82) is 0 Å². The zero-order valence-electron chi connectivity index (χ0n) is 14.0. The van der Waals surface area contributed by atoms with E-state index in [1.807, 2.05) is 0 Å². The van der Waals surface area contributed by atoms with E-state index in [0.29, 0.717) is 42.0 Å². The number of rotatable bonds is 4. The van der Waals surface area contributed by atoms with E-state index in [0.717, 1.165) is 5.69 Å². The van der Waals surface area contributed by atoms with Crippen LogP contribution in [0.4, 0.5) is 11.4 Å². The van der Waals surface area contributed by atoms with Gasteiger partial charge < -0.3 is 19.7 Å². The van der Waals surface area contributed by atoms with Crippen LogP contribution in [0.3, 0.4) is 0 Å². The molecule has 0 aromatic heterocycles. The van der Waals surface area contributed by atoms with Crippen molar-refractivity contribution in [1.82, 2.24) is 0 Å². The number of hydrogen-bond donors (Lipinski definition) is 1. The topological polar surface area (TPSA) is 50.8 Å². The van der Waals surface area contributed by atoms with Crippen molar-refractivity contribution in [3.05, 3.63) is 51.0 Å². The Morgan fingerprint density at radius 1 is 1.15 bits per heavy atom. The van der Waals surface area contributed by atoms with Gasteiger partial charge in [-0.2, -0.15) is 0 Å². The third-order valence-corrected chi connectivity index (χ3v) is 4.82. The molecule has 0 atom stereocenters. The van der Waals surface area contributed by atoms with Gasteiger partial charge in [0.25, 0.3) is 5.91 Å². The molecule has 1 aliphatic rings. The molecule has 0 saturated carbocycles. The first-order chi connectivity index (χ1) is 12.5. The lowest BCUT2D eigenvalue weighted by molar-refractivity contribution is 0.102. The van der Waals surface area contributed by atoms with Crippen LogP contribution in [-0.4, -0.2) is 39.3 Å². The smallest absolute Gasteiger partial charge is 0.259 e. The van der Waals surface area contributed by atoms with Crippen molar-refractivity contribution >= 4 is 52.1 Å². The third-order valence-electron chi connectivity index (χ3n) is 4.02. The number of halogens is 3. The number of hydrogen-bond acceptors (Lipinski definition) is 4. The van der Waals surface area contributed by atoms with Gasteiger partial charge in [0.05, 0.1) is 47.3 Å². The van der Waals surface area contributed by atoms with Crippen molar-refractivity contribution < 1.29 is 14.3 Å². The lowest BCUT2D eigenvalue weighted by Gasteiger charge is -2.31. The minimum atomic E-state index is -0.386. The van der Waals surface area contributed by atoms with E-state index in [2.05, 4.69) is 10.2 Å². The molecule has 1 aliphatic heterocycles. The SMILES string of the molecule is COc1c(Cl)cc(Cl)cc1C(=O)Nc1cccc(Cl)c1N1CCOCC1. The number of carbonyl (C=O) groups excluding carboxylic acids is 1. The minimum absolute atomic E-state index is 0.248. The summed E-state index contributed by atoms with van der Waals surface area (Å²) in [5.74, 6) is -0.119. The standard InChI is InChI=1S/C18H17Cl3N2O3/c1-25-17-12(9-11(19)10-14(17)21)18(24)22-15-4-2-3-13(20)16(15)23-5-7-26-8-6-23/h2-4,9-10H,5-8H2,1H3,(H,22,24). The Balaban J connectivity index is 1.95. The molecule has 2 aromatic carbocycles. The van der Waals surface area contributed by atoms with Gasteiger partial charge in [-0.15, -0.1) is 0 Å². The van der Waals surface area contributed by atoms with E-state index < -0.39 is 0 Å². The molecular formula is C18H17Cl3N2O3. The Labute approximate surface area is 166 Å². The molecule has 0 bridgehead atoms. The highest BCUT2D eigenvalue weighted by Gasteiger charge is 2.22. The first kappa shape index (κ1) is 19.1. The van der Waals surface area contributed by atoms with Crippen LogP contribution in [0, 0.1) is 0 Å². The maximum Gasteiger partial charge on any atom is 0.259 e. The lowest BCUT2D eigenvalue weighted by Crippen LogP contribution is -2.37. The number of methoxy groups -OCH3 is 1. The van der Waals surface area contributed by atoms with E-state index >= 15 is 0 Å². The number of para-hydroxylation sites is 1. The maximum absolute atomic E-state index is 12.8. The second-order valence-electron chi connectivity index (χ2n) is 5.66. The first-order valence-corrected chi connectivity index (χ1v) is 9.10. The predicted molar refractivity (Wildman–Crippen MR) is 105 cm³/mol. The van der Waals surface area contributed by atoms with Crippen LogP contribution in [0.1, 0.15) is 10.4 Å². The highest BCUT2D eigenvalue weighted by molar-refractivity contribution is 6.37. The summed E-state index contributed by atoms with van der Waals surface area (Å²) in [4.78, 5) is 14.9. The van der Waals surface area contributed by atoms with Gasteiger partial charge in [-0.1, -0.05) is 40.9 Å². The van der Waals surface area contributed by atoms with E-state index in [1.165, 1.54) is 19.2 Å². The summed E-state index contributed by atoms with van der Waals surface area (Å²) in [6.07, 6.45) is 0. The van der Waals surface area contributed by atoms with Crippen LogP contribution in [0.5, 0.6) is 5.75 Å². The van der Waals surface area contributed by atoms with Crippen LogP contribution >= 0.6 is 34.8 Å². The normalized spacial score (nSPS) is 14.2. The van der Waals surface area contributed by atoms with Crippen molar-refractivity contribution in [2.75, 3.05) is 43.6 Å². The largest absolute Gasteiger partial charge is 0.494 e. The molecular weight excluding hydrogens is 399 g/mol. The molecule has 0 aliphatic carbocycles. The van der Waals surface area contributed by atoms with Gasteiger partial charge in [0, 0.05) is 18.1 Å². The number of anilines is 2. The van der Waals surface area contributed by atoms with E-state index in [-0.39, 0.29) is 22.2 Å². The average Bonchev–Trinajstić information content (AvgIpc) is 2.62. The Morgan fingerprint density at radius 2 is 1.88 bits per heavy atom. The van der Waals surface area contributed by atoms with Crippen LogP contribution in [-0.2, 0) is 4.74 Å². The summed E-state index contributed by atoms with van der Waals surface area (Å²) in [5, 5.41) is 4.06. The molecule has 8 heteroatoms. The zero-order valence-corrected chi connectivity index (χ0v) is 16.3. The highest BCUT2D eigenvalue weighted by atomic mass is 35.5. The van der Waals surface area contributed by atoms with Crippen LogP contribution in [0.15, 0.2) is 30.3 Å². The monoisotopic (exact) mass is 414 g/mol. The summed E-state index contributed by atoms with van der Waals surface area (Å²) in [6, 6.07) is 8.41. The molecule has 1 fully saturated rings. The summed E-state index contributed by atoms with van der Waals surface area (Å²) < 4.78 is 10.6. The quantitative estimate of drug-likeness (QED) is 0.783. The fourth-order valence-electron chi connectivity index (χ4n) is 2.85. The van der Waals surface area contributed by atoms with Gasteiger partial charge in [-0.25, -0.2) is 0 Å². The molecule has 1 heterocycles. The van der Waals surface area contributed by atoms with E-state index in [4.69, 9.17) is 44.3 Å². The first-order valence-electron chi connectivity index (χ1n) is 7.97. The molecule has 1 N–H and O–H groups in total. The molecule has 138 valence electrons. The second-order valence-corrected chi connectivity index (χ2v) is 6.91. The van der Waals surface area contributed by atoms with E-state index in [9.17, 15) is 4.79 Å². The lowest BCUT2D eigenvalue weighted by atomic mass is 10.1. The number of carbonyl (C=O) groups is 1. The molecule has 5 nitrogen and oxygen atoms in total. The van der Waals surface area contributed by atoms with Crippen LogP contribution < -0.4 is 15.0 Å². The number of ether oxygens (including phenoxy) is 2. The molecule has 2 aromatic rings. The van der Waals surface area contributed by atoms with Crippen molar-refractivity contribution in [3.8, 4) is 5.75 Å². The fourth-order valence-corrected chi connectivity index (χ4v) is 3.72. The number of nitrogens with zero attached hydrogens (tertiary/aromatic N) is 1. The molecule has 3 rings (SSSR count). The van der Waals surface area contributed by atoms with Gasteiger partial charge in [0.2, 0.25) is 0 Å². The zero-order chi connectivity index (χ0) is 18.7. The summed E-state index contributed by atoms with van der Waals surface area (Å²) in [7, 11) is 1.45.